The fraction of sp³-hybridized carbons (Fsp3) is 0.316. The number of nitrogens with one attached hydrogen (secondary N) is 1. The highest BCUT2D eigenvalue weighted by Gasteiger charge is 2.22. The van der Waals surface area contributed by atoms with E-state index < -0.39 is 0 Å². The predicted octanol–water partition coefficient (Wildman–Crippen LogP) is 2.43. The van der Waals surface area contributed by atoms with Gasteiger partial charge in [0.25, 0.3) is 5.91 Å². The van der Waals surface area contributed by atoms with E-state index in [4.69, 9.17) is 0 Å². The van der Waals surface area contributed by atoms with E-state index in [1.807, 2.05) is 49.6 Å². The standard InChI is InChI=1S/C19H21N5O/c1-13-7-10-24(22-13)17-5-3-15(4-6-17)19(25)21-16-8-9-23-14(2)12-20-18(23)11-16/h3-7,10,12,16H,8-9,11H2,1-2H3,(H,21,25). The largest absolute Gasteiger partial charge is 0.349 e. The van der Waals surface area contributed by atoms with Crippen LogP contribution in [0.4, 0.5) is 0 Å². The summed E-state index contributed by atoms with van der Waals surface area (Å²) < 4.78 is 4.03. The van der Waals surface area contributed by atoms with Gasteiger partial charge in [0.15, 0.2) is 0 Å². The Balaban J connectivity index is 1.43. The third-order valence-corrected chi connectivity index (χ3v) is 4.72. The van der Waals surface area contributed by atoms with Crippen LogP contribution in [-0.2, 0) is 13.0 Å². The van der Waals surface area contributed by atoms with Gasteiger partial charge in [-0.2, -0.15) is 5.10 Å². The van der Waals surface area contributed by atoms with Gasteiger partial charge in [0.05, 0.1) is 11.4 Å². The second-order valence-electron chi connectivity index (χ2n) is 6.58. The summed E-state index contributed by atoms with van der Waals surface area (Å²) in [7, 11) is 0. The summed E-state index contributed by atoms with van der Waals surface area (Å²) in [5.74, 6) is 1.02. The maximum absolute atomic E-state index is 12.5. The molecule has 0 fully saturated rings. The third-order valence-electron chi connectivity index (χ3n) is 4.72. The van der Waals surface area contributed by atoms with E-state index >= 15 is 0 Å². The minimum atomic E-state index is -0.0371. The number of amides is 1. The molecule has 3 heterocycles. The summed E-state index contributed by atoms with van der Waals surface area (Å²) in [4.78, 5) is 17.0. The van der Waals surface area contributed by atoms with Crippen LogP contribution in [0.5, 0.6) is 0 Å². The first kappa shape index (κ1) is 15.6. The zero-order chi connectivity index (χ0) is 17.4. The highest BCUT2D eigenvalue weighted by atomic mass is 16.1. The van der Waals surface area contributed by atoms with Crippen molar-refractivity contribution >= 4 is 5.91 Å². The zero-order valence-electron chi connectivity index (χ0n) is 14.4. The van der Waals surface area contributed by atoms with E-state index in [2.05, 4.69) is 26.9 Å². The van der Waals surface area contributed by atoms with Crippen LogP contribution in [-0.4, -0.2) is 31.3 Å². The van der Waals surface area contributed by atoms with Crippen molar-refractivity contribution in [2.45, 2.75) is 39.3 Å². The van der Waals surface area contributed by atoms with Crippen molar-refractivity contribution in [2.75, 3.05) is 0 Å². The molecule has 6 nitrogen and oxygen atoms in total. The molecule has 1 atom stereocenters. The molecule has 0 bridgehead atoms. The van der Waals surface area contributed by atoms with Gasteiger partial charge in [0, 0.05) is 42.7 Å². The van der Waals surface area contributed by atoms with E-state index in [1.165, 1.54) is 5.69 Å². The molecule has 1 amide bonds. The van der Waals surface area contributed by atoms with Crippen molar-refractivity contribution in [3.63, 3.8) is 0 Å². The number of aryl methyl sites for hydroxylation is 2. The molecular weight excluding hydrogens is 314 g/mol. The number of imidazole rings is 1. The van der Waals surface area contributed by atoms with E-state index in [-0.39, 0.29) is 11.9 Å². The Bertz CT molecular complexity index is 906. The van der Waals surface area contributed by atoms with Gasteiger partial charge in [0.2, 0.25) is 0 Å². The van der Waals surface area contributed by atoms with E-state index in [0.29, 0.717) is 5.56 Å². The average Bonchev–Trinajstić information content (AvgIpc) is 3.21. The second-order valence-corrected chi connectivity index (χ2v) is 6.58. The molecule has 0 saturated heterocycles. The predicted molar refractivity (Wildman–Crippen MR) is 94.8 cm³/mol. The number of benzene rings is 1. The van der Waals surface area contributed by atoms with Crippen molar-refractivity contribution in [3.05, 3.63) is 65.5 Å². The molecule has 0 saturated carbocycles. The topological polar surface area (TPSA) is 64.7 Å². The van der Waals surface area contributed by atoms with Gasteiger partial charge < -0.3 is 9.88 Å². The van der Waals surface area contributed by atoms with Gasteiger partial charge >= 0.3 is 0 Å². The molecule has 1 unspecified atom stereocenters. The average molecular weight is 335 g/mol. The zero-order valence-corrected chi connectivity index (χ0v) is 14.4. The molecule has 25 heavy (non-hydrogen) atoms. The van der Waals surface area contributed by atoms with Crippen molar-refractivity contribution in [2.24, 2.45) is 0 Å². The number of hydrogen-bond donors (Lipinski definition) is 1. The Kier molecular flexibility index (Phi) is 3.87. The van der Waals surface area contributed by atoms with Crippen molar-refractivity contribution in [3.8, 4) is 5.69 Å². The second kappa shape index (κ2) is 6.20. The molecule has 0 spiro atoms. The molecule has 4 rings (SSSR count). The van der Waals surface area contributed by atoms with E-state index in [9.17, 15) is 4.79 Å². The number of aromatic nitrogens is 4. The molecule has 1 aromatic carbocycles. The van der Waals surface area contributed by atoms with Gasteiger partial charge in [-0.05, 0) is 50.6 Å². The Morgan fingerprint density at radius 2 is 2.00 bits per heavy atom. The van der Waals surface area contributed by atoms with Crippen LogP contribution in [0.1, 0.15) is 34.0 Å². The minimum Gasteiger partial charge on any atom is -0.349 e. The number of carbonyl (C=O) groups excluding carboxylic acids is 1. The van der Waals surface area contributed by atoms with Crippen molar-refractivity contribution < 1.29 is 4.79 Å². The monoisotopic (exact) mass is 335 g/mol. The first-order chi connectivity index (χ1) is 12.1. The smallest absolute Gasteiger partial charge is 0.251 e. The van der Waals surface area contributed by atoms with E-state index in [0.717, 1.165) is 36.6 Å². The third kappa shape index (κ3) is 3.07. The minimum absolute atomic E-state index is 0.0371. The Morgan fingerprint density at radius 1 is 1.20 bits per heavy atom. The summed E-state index contributed by atoms with van der Waals surface area (Å²) in [6.07, 6.45) is 5.52. The molecule has 3 aromatic rings. The van der Waals surface area contributed by atoms with Gasteiger partial charge in [-0.3, -0.25) is 4.79 Å². The lowest BCUT2D eigenvalue weighted by Crippen LogP contribution is -2.40. The van der Waals surface area contributed by atoms with Gasteiger partial charge in [0.1, 0.15) is 5.82 Å². The lowest BCUT2D eigenvalue weighted by atomic mass is 10.1. The van der Waals surface area contributed by atoms with Gasteiger partial charge in [-0.25, -0.2) is 9.67 Å². The molecular formula is C19H21N5O. The summed E-state index contributed by atoms with van der Waals surface area (Å²) in [6.45, 7) is 4.93. The van der Waals surface area contributed by atoms with Crippen LogP contribution in [0.2, 0.25) is 0 Å². The lowest BCUT2D eigenvalue weighted by Gasteiger charge is -2.25. The summed E-state index contributed by atoms with van der Waals surface area (Å²) in [5.41, 5.74) is 3.76. The SMILES string of the molecule is Cc1ccn(-c2ccc(C(=O)NC3CCn4c(C)cnc4C3)cc2)n1. The normalized spacial score (nSPS) is 16.5. The Morgan fingerprint density at radius 3 is 2.72 bits per heavy atom. The highest BCUT2D eigenvalue weighted by Crippen LogP contribution is 2.17. The Hall–Kier alpha value is -2.89. The van der Waals surface area contributed by atoms with E-state index in [1.54, 1.807) is 4.68 Å². The maximum Gasteiger partial charge on any atom is 0.251 e. The summed E-state index contributed by atoms with van der Waals surface area (Å²) >= 11 is 0. The van der Waals surface area contributed by atoms with Crippen molar-refractivity contribution in [1.82, 2.24) is 24.6 Å². The molecule has 0 aliphatic carbocycles. The number of hydrogen-bond acceptors (Lipinski definition) is 3. The molecule has 128 valence electrons. The van der Waals surface area contributed by atoms with Crippen LogP contribution >= 0.6 is 0 Å². The van der Waals surface area contributed by atoms with Crippen LogP contribution in [0, 0.1) is 13.8 Å². The summed E-state index contributed by atoms with van der Waals surface area (Å²) in [6, 6.07) is 9.60. The highest BCUT2D eigenvalue weighted by molar-refractivity contribution is 5.94. The Labute approximate surface area is 146 Å². The quantitative estimate of drug-likeness (QED) is 0.799. The molecule has 1 N–H and O–H groups in total. The number of fused-ring (bicyclic) bond motifs is 1. The number of rotatable bonds is 3. The lowest BCUT2D eigenvalue weighted by molar-refractivity contribution is 0.0930. The molecule has 2 aromatic heterocycles. The molecule has 0 radical (unpaired) electrons. The number of carbonyl (C=O) groups is 1. The fourth-order valence-electron chi connectivity index (χ4n) is 3.30. The summed E-state index contributed by atoms with van der Waals surface area (Å²) in [5, 5.41) is 7.51. The van der Waals surface area contributed by atoms with Gasteiger partial charge in [-0.1, -0.05) is 0 Å². The van der Waals surface area contributed by atoms with Crippen LogP contribution in [0.15, 0.2) is 42.7 Å². The molecule has 1 aliphatic rings. The molecule has 1 aliphatic heterocycles. The van der Waals surface area contributed by atoms with Crippen LogP contribution in [0.3, 0.4) is 0 Å². The number of nitrogens with zero attached hydrogens (tertiary/aromatic N) is 4. The van der Waals surface area contributed by atoms with Gasteiger partial charge in [-0.15, -0.1) is 0 Å². The first-order valence-electron chi connectivity index (χ1n) is 8.55. The van der Waals surface area contributed by atoms with Crippen molar-refractivity contribution in [1.29, 1.82) is 0 Å². The first-order valence-corrected chi connectivity index (χ1v) is 8.55. The van der Waals surface area contributed by atoms with Crippen LogP contribution in [0.25, 0.3) is 5.69 Å². The molecule has 6 heteroatoms. The fourth-order valence-corrected chi connectivity index (χ4v) is 3.30. The van der Waals surface area contributed by atoms with Crippen LogP contribution < -0.4 is 5.32 Å². The maximum atomic E-state index is 12.5.